The van der Waals surface area contributed by atoms with Crippen molar-refractivity contribution < 1.29 is 24.0 Å². The van der Waals surface area contributed by atoms with Gasteiger partial charge in [-0.05, 0) is 99.5 Å². The van der Waals surface area contributed by atoms with Gasteiger partial charge in [0.1, 0.15) is 5.75 Å². The summed E-state index contributed by atoms with van der Waals surface area (Å²) < 4.78 is 5.66. The molecule has 1 aliphatic heterocycles. The van der Waals surface area contributed by atoms with Crippen LogP contribution in [0.15, 0.2) is 60.7 Å². The highest BCUT2D eigenvalue weighted by molar-refractivity contribution is 5.96. The molecule has 0 unspecified atom stereocenters. The van der Waals surface area contributed by atoms with Crippen molar-refractivity contribution in [3.63, 3.8) is 0 Å². The number of nitrogens with two attached hydrogens (primary N) is 1. The van der Waals surface area contributed by atoms with Crippen molar-refractivity contribution in [3.05, 3.63) is 77.4 Å². The Bertz CT molecular complexity index is 1490. The molecule has 1 aliphatic carbocycles. The number of rotatable bonds is 17. The number of nitrogens with zero attached hydrogens (tertiary/aromatic N) is 2. The smallest absolute Gasteiger partial charge is 0.254 e. The second kappa shape index (κ2) is 16.1. The van der Waals surface area contributed by atoms with Crippen LogP contribution < -0.4 is 31.0 Å². The zero-order chi connectivity index (χ0) is 32.3. The molecule has 0 atom stereocenters. The number of hydrogen-bond donors (Lipinski definition) is 3. The fraction of sp³-hybridized carbons (Fsp3) is 0.417. The second-order valence-corrected chi connectivity index (χ2v) is 11.9. The van der Waals surface area contributed by atoms with E-state index in [9.17, 15) is 14.4 Å². The largest absolute Gasteiger partial charge is 0.492 e. The van der Waals surface area contributed by atoms with E-state index in [2.05, 4.69) is 10.8 Å². The fourth-order valence-corrected chi connectivity index (χ4v) is 5.81. The summed E-state index contributed by atoms with van der Waals surface area (Å²) in [5, 5.41) is 2.62. The first-order chi connectivity index (χ1) is 22.5. The molecule has 1 saturated carbocycles. The second-order valence-electron chi connectivity index (χ2n) is 11.9. The van der Waals surface area contributed by atoms with Gasteiger partial charge in [-0.2, -0.15) is 0 Å². The van der Waals surface area contributed by atoms with Crippen LogP contribution in [0.4, 0.5) is 17.1 Å². The van der Waals surface area contributed by atoms with E-state index < -0.39 is 0 Å². The molecule has 10 nitrogen and oxygen atoms in total. The molecule has 4 N–H and O–H groups in total. The highest BCUT2D eigenvalue weighted by Gasteiger charge is 2.33. The van der Waals surface area contributed by atoms with Gasteiger partial charge in [0.2, 0.25) is 12.3 Å². The highest BCUT2D eigenvalue weighted by Crippen LogP contribution is 2.34. The quantitative estimate of drug-likeness (QED) is 0.0945. The van der Waals surface area contributed by atoms with Gasteiger partial charge in [0.15, 0.2) is 5.75 Å². The number of amides is 3. The number of anilines is 3. The predicted molar refractivity (Wildman–Crippen MR) is 180 cm³/mol. The van der Waals surface area contributed by atoms with E-state index in [-0.39, 0.29) is 17.9 Å². The van der Waals surface area contributed by atoms with E-state index in [0.717, 1.165) is 80.4 Å². The van der Waals surface area contributed by atoms with Crippen molar-refractivity contribution in [1.29, 1.82) is 0 Å². The molecular weight excluding hydrogens is 582 g/mol. The average Bonchev–Trinajstić information content (AvgIpc) is 3.92. The molecule has 10 heteroatoms. The van der Waals surface area contributed by atoms with Gasteiger partial charge in [-0.15, -0.1) is 0 Å². The molecule has 46 heavy (non-hydrogen) atoms. The minimum Gasteiger partial charge on any atom is -0.492 e. The van der Waals surface area contributed by atoms with E-state index in [1.165, 1.54) is 0 Å². The molecule has 1 heterocycles. The number of carbonyl (C=O) groups is 3. The molecule has 0 aromatic heterocycles. The molecule has 3 amide bonds. The first kappa shape index (κ1) is 32.8. The summed E-state index contributed by atoms with van der Waals surface area (Å²) in [4.78, 5) is 47.3. The Morgan fingerprint density at radius 2 is 1.83 bits per heavy atom. The minimum atomic E-state index is -0.0711. The first-order valence-electron chi connectivity index (χ1n) is 16.4. The molecule has 2 aliphatic rings. The van der Waals surface area contributed by atoms with Gasteiger partial charge >= 0.3 is 0 Å². The third-order valence-electron chi connectivity index (χ3n) is 8.41. The van der Waals surface area contributed by atoms with Crippen LogP contribution in [0.5, 0.6) is 11.5 Å². The van der Waals surface area contributed by atoms with Crippen molar-refractivity contribution in [2.24, 2.45) is 5.73 Å². The van der Waals surface area contributed by atoms with Gasteiger partial charge in [0.25, 0.3) is 5.91 Å². The number of hydrogen-bond acceptors (Lipinski definition) is 7. The van der Waals surface area contributed by atoms with Crippen LogP contribution in [0, 0.1) is 0 Å². The van der Waals surface area contributed by atoms with Crippen molar-refractivity contribution in [1.82, 2.24) is 4.90 Å². The van der Waals surface area contributed by atoms with Crippen molar-refractivity contribution in [2.75, 3.05) is 35.4 Å². The van der Waals surface area contributed by atoms with E-state index in [1.54, 1.807) is 18.2 Å². The van der Waals surface area contributed by atoms with Crippen LogP contribution in [0.1, 0.15) is 79.8 Å². The van der Waals surface area contributed by atoms with Crippen LogP contribution >= 0.6 is 0 Å². The van der Waals surface area contributed by atoms with Crippen molar-refractivity contribution in [3.8, 4) is 11.5 Å². The molecule has 1 fully saturated rings. The summed E-state index contributed by atoms with van der Waals surface area (Å²) in [6, 6.07) is 19.0. The third-order valence-corrected chi connectivity index (χ3v) is 8.41. The molecule has 0 saturated heterocycles. The Hall–Kier alpha value is -4.57. The zero-order valence-electron chi connectivity index (χ0n) is 26.6. The maximum absolute atomic E-state index is 13.6. The van der Waals surface area contributed by atoms with Crippen LogP contribution in [0.3, 0.4) is 0 Å². The SMILES string of the molecule is CCOc1cc(C(=O)N(Cc2ccc(NOc3ccc4c(c3)N(C(=O)CCCCCCN)CCC4)cc2)C2CC2)ccc1NC=O. The summed E-state index contributed by atoms with van der Waals surface area (Å²) >= 11 is 0. The summed E-state index contributed by atoms with van der Waals surface area (Å²) in [6.07, 6.45) is 8.96. The van der Waals surface area contributed by atoms with E-state index in [1.807, 2.05) is 59.2 Å². The van der Waals surface area contributed by atoms with Crippen LogP contribution in [0.25, 0.3) is 0 Å². The van der Waals surface area contributed by atoms with Crippen molar-refractivity contribution in [2.45, 2.75) is 77.3 Å². The third kappa shape index (κ3) is 8.57. The highest BCUT2D eigenvalue weighted by atomic mass is 16.6. The maximum atomic E-state index is 13.6. The summed E-state index contributed by atoms with van der Waals surface area (Å²) in [7, 11) is 0. The zero-order valence-corrected chi connectivity index (χ0v) is 26.6. The number of aryl methyl sites for hydroxylation is 1. The lowest BCUT2D eigenvalue weighted by atomic mass is 10.0. The van der Waals surface area contributed by atoms with Gasteiger partial charge < -0.3 is 30.4 Å². The Balaban J connectivity index is 1.19. The van der Waals surface area contributed by atoms with E-state index in [4.69, 9.17) is 15.3 Å². The van der Waals surface area contributed by atoms with E-state index >= 15 is 0 Å². The summed E-state index contributed by atoms with van der Waals surface area (Å²) in [5.41, 5.74) is 13.5. The standard InChI is InChI=1S/C36H45N5O5/c1-2-45-34-22-28(13-19-32(34)38-25-42)36(44)41(30-16-17-30)24-26-10-14-29(15-11-26)39-46-31-18-12-27-8-7-21-40(33(27)23-31)35(43)9-5-3-4-6-20-37/h10-15,18-19,22-23,25,30,39H,2-9,16-17,20-21,24,37H2,1H3,(H,38,42). The average molecular weight is 628 g/mol. The molecule has 3 aromatic rings. The normalized spacial score (nSPS) is 13.8. The number of carbonyl (C=O) groups excluding carboxylic acids is 3. The molecule has 3 aromatic carbocycles. The predicted octanol–water partition coefficient (Wildman–Crippen LogP) is 6.05. The Morgan fingerprint density at radius 3 is 2.57 bits per heavy atom. The fourth-order valence-electron chi connectivity index (χ4n) is 5.81. The number of nitrogens with one attached hydrogen (secondary N) is 2. The van der Waals surface area contributed by atoms with Gasteiger partial charge in [-0.1, -0.05) is 31.0 Å². The van der Waals surface area contributed by atoms with Gasteiger partial charge in [-0.25, -0.2) is 5.48 Å². The van der Waals surface area contributed by atoms with Crippen molar-refractivity contribution >= 4 is 35.3 Å². The summed E-state index contributed by atoms with van der Waals surface area (Å²) in [5.74, 6) is 1.20. The van der Waals surface area contributed by atoms with Crippen LogP contribution in [-0.2, 0) is 22.6 Å². The first-order valence-corrected chi connectivity index (χ1v) is 16.4. The van der Waals surface area contributed by atoms with Crippen LogP contribution in [-0.4, -0.2) is 48.9 Å². The number of unbranched alkanes of at least 4 members (excludes halogenated alkanes) is 3. The minimum absolute atomic E-state index is 0.0711. The Morgan fingerprint density at radius 1 is 1.02 bits per heavy atom. The lowest BCUT2D eigenvalue weighted by molar-refractivity contribution is -0.118. The molecule has 0 spiro atoms. The number of benzene rings is 3. The molecular formula is C36H45N5O5. The van der Waals surface area contributed by atoms with Gasteiger partial charge in [0.05, 0.1) is 23.7 Å². The van der Waals surface area contributed by atoms with Gasteiger partial charge in [-0.3, -0.25) is 14.4 Å². The lowest BCUT2D eigenvalue weighted by Crippen LogP contribution is -2.35. The molecule has 0 bridgehead atoms. The van der Waals surface area contributed by atoms with Gasteiger partial charge in [0, 0.05) is 37.2 Å². The molecule has 0 radical (unpaired) electrons. The monoisotopic (exact) mass is 627 g/mol. The van der Waals surface area contributed by atoms with E-state index in [0.29, 0.717) is 55.3 Å². The Kier molecular flexibility index (Phi) is 11.5. The number of ether oxygens (including phenoxy) is 1. The Labute approximate surface area is 271 Å². The lowest BCUT2D eigenvalue weighted by Gasteiger charge is -2.30. The maximum Gasteiger partial charge on any atom is 0.254 e. The molecule has 5 rings (SSSR count). The summed E-state index contributed by atoms with van der Waals surface area (Å²) in [6.45, 7) is 4.18. The van der Waals surface area contributed by atoms with Crippen LogP contribution in [0.2, 0.25) is 0 Å². The molecule has 244 valence electrons. The topological polar surface area (TPSA) is 126 Å². The number of fused-ring (bicyclic) bond motifs is 1.